The number of hydrogen-bond acceptors (Lipinski definition) is 5. The molecule has 112 valence electrons. The van der Waals surface area contributed by atoms with Crippen LogP contribution in [0.15, 0.2) is 53.6 Å². The van der Waals surface area contributed by atoms with Gasteiger partial charge in [0, 0.05) is 11.8 Å². The van der Waals surface area contributed by atoms with E-state index in [2.05, 4.69) is 10.5 Å². The first-order chi connectivity index (χ1) is 10.5. The molecule has 0 saturated heterocycles. The Labute approximate surface area is 126 Å². The van der Waals surface area contributed by atoms with E-state index in [9.17, 15) is 14.9 Å². The predicted octanol–water partition coefficient (Wildman–Crippen LogP) is 2.33. The molecular weight excluding hydrogens is 284 g/mol. The number of para-hydroxylation sites is 1. The summed E-state index contributed by atoms with van der Waals surface area (Å²) in [5.41, 5.74) is 9.59. The Hall–Kier alpha value is -3.22. The first kappa shape index (κ1) is 15.2. The molecule has 0 spiro atoms. The molecule has 0 saturated carbocycles. The van der Waals surface area contributed by atoms with E-state index >= 15 is 0 Å². The molecule has 7 heteroatoms. The van der Waals surface area contributed by atoms with Crippen LogP contribution in [0.3, 0.4) is 0 Å². The van der Waals surface area contributed by atoms with E-state index < -0.39 is 10.8 Å². The Morgan fingerprint density at radius 3 is 2.45 bits per heavy atom. The number of amides is 1. The standard InChI is InChI=1S/C15H14N4O3/c1-10(11-6-8-12(16)9-7-11)17-18-15(20)13-4-2-3-5-14(13)19(21)22/h2-9H,16H2,1H3,(H,18,20). The number of carbonyl (C=O) groups excluding carboxylic acids is 1. The Morgan fingerprint density at radius 1 is 1.18 bits per heavy atom. The maximum Gasteiger partial charge on any atom is 0.282 e. The highest BCUT2D eigenvalue weighted by molar-refractivity contribution is 6.02. The van der Waals surface area contributed by atoms with Crippen molar-refractivity contribution >= 4 is 23.0 Å². The summed E-state index contributed by atoms with van der Waals surface area (Å²) in [6.07, 6.45) is 0. The minimum absolute atomic E-state index is 0.0404. The lowest BCUT2D eigenvalue weighted by Crippen LogP contribution is -2.20. The number of rotatable bonds is 4. The number of nitrogens with two attached hydrogens (primary N) is 1. The molecule has 0 bridgehead atoms. The summed E-state index contributed by atoms with van der Waals surface area (Å²) < 4.78 is 0. The fourth-order valence-electron chi connectivity index (χ4n) is 1.81. The molecule has 0 radical (unpaired) electrons. The van der Waals surface area contributed by atoms with Crippen LogP contribution in [0, 0.1) is 10.1 Å². The monoisotopic (exact) mass is 298 g/mol. The summed E-state index contributed by atoms with van der Waals surface area (Å²) in [4.78, 5) is 22.3. The summed E-state index contributed by atoms with van der Waals surface area (Å²) in [6, 6.07) is 12.7. The quantitative estimate of drug-likeness (QED) is 0.390. The zero-order chi connectivity index (χ0) is 16.1. The summed E-state index contributed by atoms with van der Waals surface area (Å²) >= 11 is 0. The predicted molar refractivity (Wildman–Crippen MR) is 83.6 cm³/mol. The maximum absolute atomic E-state index is 12.0. The average Bonchev–Trinajstić information content (AvgIpc) is 2.53. The van der Waals surface area contributed by atoms with E-state index in [4.69, 9.17) is 5.73 Å². The highest BCUT2D eigenvalue weighted by Gasteiger charge is 2.18. The molecule has 0 fully saturated rings. The number of carbonyl (C=O) groups is 1. The summed E-state index contributed by atoms with van der Waals surface area (Å²) in [5.74, 6) is -0.637. The van der Waals surface area contributed by atoms with E-state index in [0.717, 1.165) is 5.56 Å². The smallest absolute Gasteiger partial charge is 0.282 e. The number of anilines is 1. The van der Waals surface area contributed by atoms with Crippen LogP contribution >= 0.6 is 0 Å². The number of nitrogen functional groups attached to an aromatic ring is 1. The molecule has 0 aromatic heterocycles. The summed E-state index contributed by atoms with van der Waals surface area (Å²) in [6.45, 7) is 1.71. The fraction of sp³-hybridized carbons (Fsp3) is 0.0667. The third-order valence-electron chi connectivity index (χ3n) is 3.00. The maximum atomic E-state index is 12.0. The lowest BCUT2D eigenvalue weighted by Gasteiger charge is -2.04. The minimum Gasteiger partial charge on any atom is -0.399 e. The van der Waals surface area contributed by atoms with Gasteiger partial charge in [0.2, 0.25) is 0 Å². The van der Waals surface area contributed by atoms with Crippen LogP contribution in [0.25, 0.3) is 0 Å². The zero-order valence-corrected chi connectivity index (χ0v) is 11.8. The van der Waals surface area contributed by atoms with Crippen molar-refractivity contribution in [3.05, 3.63) is 69.8 Å². The van der Waals surface area contributed by atoms with Gasteiger partial charge in [-0.15, -0.1) is 0 Å². The first-order valence-corrected chi connectivity index (χ1v) is 6.43. The molecule has 0 aliphatic rings. The molecular formula is C15H14N4O3. The van der Waals surface area contributed by atoms with Crippen molar-refractivity contribution in [2.24, 2.45) is 5.10 Å². The van der Waals surface area contributed by atoms with E-state index in [1.807, 2.05) is 0 Å². The molecule has 2 aromatic carbocycles. The minimum atomic E-state index is -0.637. The van der Waals surface area contributed by atoms with E-state index in [-0.39, 0.29) is 11.3 Å². The van der Waals surface area contributed by atoms with Gasteiger partial charge in [-0.05, 0) is 30.7 Å². The fourth-order valence-corrected chi connectivity index (χ4v) is 1.81. The van der Waals surface area contributed by atoms with Gasteiger partial charge in [-0.25, -0.2) is 5.43 Å². The molecule has 0 aliphatic heterocycles. The van der Waals surface area contributed by atoms with E-state index in [0.29, 0.717) is 11.4 Å². The van der Waals surface area contributed by atoms with E-state index in [1.165, 1.54) is 18.2 Å². The second kappa shape index (κ2) is 6.49. The normalized spacial score (nSPS) is 11.0. The second-order valence-corrected chi connectivity index (χ2v) is 4.53. The van der Waals surface area contributed by atoms with Gasteiger partial charge >= 0.3 is 0 Å². The van der Waals surface area contributed by atoms with Crippen molar-refractivity contribution in [2.45, 2.75) is 6.92 Å². The molecule has 7 nitrogen and oxygen atoms in total. The highest BCUT2D eigenvalue weighted by Crippen LogP contribution is 2.17. The van der Waals surface area contributed by atoms with Crippen LogP contribution in [-0.2, 0) is 0 Å². The highest BCUT2D eigenvalue weighted by atomic mass is 16.6. The van der Waals surface area contributed by atoms with Crippen LogP contribution in [-0.4, -0.2) is 16.5 Å². The van der Waals surface area contributed by atoms with Gasteiger partial charge < -0.3 is 5.73 Å². The molecule has 2 rings (SSSR count). The Morgan fingerprint density at radius 2 is 1.82 bits per heavy atom. The molecule has 1 amide bonds. The third-order valence-corrected chi connectivity index (χ3v) is 3.00. The molecule has 0 atom stereocenters. The van der Waals surface area contributed by atoms with Crippen LogP contribution in [0.1, 0.15) is 22.8 Å². The number of nitrogens with zero attached hydrogens (tertiary/aromatic N) is 2. The number of nitro benzene ring substituents is 1. The van der Waals surface area contributed by atoms with Crippen LogP contribution in [0.4, 0.5) is 11.4 Å². The molecule has 3 N–H and O–H groups in total. The summed E-state index contributed by atoms with van der Waals surface area (Å²) in [5, 5.41) is 14.9. The molecule has 0 unspecified atom stereocenters. The van der Waals surface area contributed by atoms with Crippen molar-refractivity contribution in [1.82, 2.24) is 5.43 Å². The summed E-state index contributed by atoms with van der Waals surface area (Å²) in [7, 11) is 0. The van der Waals surface area contributed by atoms with E-state index in [1.54, 1.807) is 37.3 Å². The van der Waals surface area contributed by atoms with Crippen molar-refractivity contribution in [1.29, 1.82) is 0 Å². The largest absolute Gasteiger partial charge is 0.399 e. The molecule has 2 aromatic rings. The van der Waals surface area contributed by atoms with Crippen molar-refractivity contribution in [3.8, 4) is 0 Å². The van der Waals surface area contributed by atoms with Gasteiger partial charge in [-0.1, -0.05) is 24.3 Å². The third kappa shape index (κ3) is 3.45. The average molecular weight is 298 g/mol. The number of benzene rings is 2. The molecule has 22 heavy (non-hydrogen) atoms. The SMILES string of the molecule is CC(=NNC(=O)c1ccccc1[N+](=O)[O-])c1ccc(N)cc1. The number of hydrazone groups is 1. The van der Waals surface area contributed by atoms with Crippen LogP contribution in [0.5, 0.6) is 0 Å². The van der Waals surface area contributed by atoms with Crippen LogP contribution < -0.4 is 11.2 Å². The van der Waals surface area contributed by atoms with Gasteiger partial charge in [0.25, 0.3) is 11.6 Å². The molecule has 0 aliphatic carbocycles. The van der Waals surface area contributed by atoms with Gasteiger partial charge in [-0.3, -0.25) is 14.9 Å². The lowest BCUT2D eigenvalue weighted by atomic mass is 10.1. The zero-order valence-electron chi connectivity index (χ0n) is 11.8. The Bertz CT molecular complexity index is 739. The van der Waals surface area contributed by atoms with Gasteiger partial charge in [0.15, 0.2) is 0 Å². The molecule has 0 heterocycles. The second-order valence-electron chi connectivity index (χ2n) is 4.53. The van der Waals surface area contributed by atoms with Crippen molar-refractivity contribution in [2.75, 3.05) is 5.73 Å². The van der Waals surface area contributed by atoms with Crippen molar-refractivity contribution in [3.63, 3.8) is 0 Å². The van der Waals surface area contributed by atoms with Gasteiger partial charge in [-0.2, -0.15) is 5.10 Å². The topological polar surface area (TPSA) is 111 Å². The number of nitro groups is 1. The number of hydrogen-bond donors (Lipinski definition) is 2. The Balaban J connectivity index is 2.17. The Kier molecular flexibility index (Phi) is 4.47. The number of nitrogens with one attached hydrogen (secondary N) is 1. The van der Waals surface area contributed by atoms with Gasteiger partial charge in [0.05, 0.1) is 10.6 Å². The van der Waals surface area contributed by atoms with Crippen LogP contribution in [0.2, 0.25) is 0 Å². The first-order valence-electron chi connectivity index (χ1n) is 6.43. The van der Waals surface area contributed by atoms with Gasteiger partial charge in [0.1, 0.15) is 5.56 Å². The lowest BCUT2D eigenvalue weighted by molar-refractivity contribution is -0.385. The van der Waals surface area contributed by atoms with Crippen molar-refractivity contribution < 1.29 is 9.72 Å².